The Morgan fingerprint density at radius 1 is 1.26 bits per heavy atom. The van der Waals surface area contributed by atoms with Gasteiger partial charge in [-0.25, -0.2) is 0 Å². The number of anilines is 2. The average Bonchev–Trinajstić information content (AvgIpc) is 2.32. The zero-order chi connectivity index (χ0) is 14.3. The van der Waals surface area contributed by atoms with E-state index in [0.29, 0.717) is 17.8 Å². The lowest BCUT2D eigenvalue weighted by Gasteiger charge is -2.12. The Kier molecular flexibility index (Phi) is 6.80. The molecule has 19 heavy (non-hydrogen) atoms. The molecule has 1 heterocycles. The molecule has 0 spiro atoms. The first-order valence-corrected chi connectivity index (χ1v) is 6.77. The van der Waals surface area contributed by atoms with Crippen molar-refractivity contribution in [1.29, 1.82) is 0 Å². The summed E-state index contributed by atoms with van der Waals surface area (Å²) >= 11 is 5.84. The molecule has 0 aromatic carbocycles. The van der Waals surface area contributed by atoms with E-state index in [2.05, 4.69) is 34.1 Å². The molecule has 0 saturated carbocycles. The molecule has 1 aromatic rings. The smallest absolute Gasteiger partial charge is 0.230 e. The van der Waals surface area contributed by atoms with Crippen molar-refractivity contribution >= 4 is 23.5 Å². The molecule has 0 aliphatic heterocycles. The number of aromatic nitrogens is 3. The molecule has 0 unspecified atom stereocenters. The zero-order valence-electron chi connectivity index (χ0n) is 12.0. The summed E-state index contributed by atoms with van der Waals surface area (Å²) in [6.45, 7) is 6.53. The predicted octanol–water partition coefficient (Wildman–Crippen LogP) is 2.07. The number of hydrogen-bond acceptors (Lipinski definition) is 6. The summed E-state index contributed by atoms with van der Waals surface area (Å²) in [5, 5.41) is 3.31. The summed E-state index contributed by atoms with van der Waals surface area (Å²) < 4.78 is 5.49. The Bertz CT molecular complexity index is 386. The third-order valence-electron chi connectivity index (χ3n) is 2.20. The number of rotatable bonds is 8. The molecule has 0 bridgehead atoms. The molecule has 6 nitrogen and oxygen atoms in total. The van der Waals surface area contributed by atoms with E-state index in [-0.39, 0.29) is 5.28 Å². The lowest BCUT2D eigenvalue weighted by Crippen LogP contribution is -2.16. The van der Waals surface area contributed by atoms with Crippen LogP contribution in [0.2, 0.25) is 5.28 Å². The molecule has 0 saturated heterocycles. The first-order valence-electron chi connectivity index (χ1n) is 6.39. The minimum atomic E-state index is 0.192. The highest BCUT2D eigenvalue weighted by molar-refractivity contribution is 6.28. The topological polar surface area (TPSA) is 63.2 Å². The van der Waals surface area contributed by atoms with Crippen LogP contribution in [-0.2, 0) is 4.74 Å². The van der Waals surface area contributed by atoms with Crippen LogP contribution in [0.5, 0.6) is 0 Å². The van der Waals surface area contributed by atoms with Crippen LogP contribution in [0.25, 0.3) is 0 Å². The lowest BCUT2D eigenvalue weighted by molar-refractivity contribution is 0.110. The molecule has 1 aromatic heterocycles. The first kappa shape index (κ1) is 15.9. The second-order valence-corrected chi connectivity index (χ2v) is 5.21. The molecule has 0 amide bonds. The van der Waals surface area contributed by atoms with Crippen molar-refractivity contribution in [3.8, 4) is 0 Å². The quantitative estimate of drug-likeness (QED) is 0.739. The summed E-state index contributed by atoms with van der Waals surface area (Å²) in [6.07, 6.45) is 0.896. The maximum Gasteiger partial charge on any atom is 0.230 e. The standard InChI is InChI=1S/C12H22ClN5O/c1-9(2)8-19-7-5-6-14-11-15-10(13)16-12(17-11)18(3)4/h9H,5-8H2,1-4H3,(H,14,15,16,17). The first-order chi connectivity index (χ1) is 8.99. The maximum absolute atomic E-state index is 5.84. The van der Waals surface area contributed by atoms with Crippen molar-refractivity contribution in [2.24, 2.45) is 5.92 Å². The van der Waals surface area contributed by atoms with Gasteiger partial charge in [-0.3, -0.25) is 0 Å². The number of nitrogens with one attached hydrogen (secondary N) is 1. The van der Waals surface area contributed by atoms with Crippen LogP contribution in [0.1, 0.15) is 20.3 Å². The van der Waals surface area contributed by atoms with Gasteiger partial charge in [-0.2, -0.15) is 15.0 Å². The average molecular weight is 288 g/mol. The maximum atomic E-state index is 5.84. The normalized spacial score (nSPS) is 10.8. The summed E-state index contributed by atoms with van der Waals surface area (Å²) in [5.74, 6) is 1.60. The van der Waals surface area contributed by atoms with E-state index in [1.807, 2.05) is 14.1 Å². The molecule has 0 radical (unpaired) electrons. The SMILES string of the molecule is CC(C)COCCCNc1nc(Cl)nc(N(C)C)n1. The molecule has 108 valence electrons. The van der Waals surface area contributed by atoms with Crippen LogP contribution in [0.15, 0.2) is 0 Å². The molecule has 0 fully saturated rings. The second kappa shape index (κ2) is 8.12. The van der Waals surface area contributed by atoms with Gasteiger partial charge in [0.05, 0.1) is 0 Å². The third kappa shape index (κ3) is 6.54. The van der Waals surface area contributed by atoms with Gasteiger partial charge in [0.1, 0.15) is 0 Å². The highest BCUT2D eigenvalue weighted by atomic mass is 35.5. The van der Waals surface area contributed by atoms with Crippen molar-refractivity contribution in [3.63, 3.8) is 0 Å². The van der Waals surface area contributed by atoms with Gasteiger partial charge < -0.3 is 15.0 Å². The van der Waals surface area contributed by atoms with Crippen molar-refractivity contribution in [1.82, 2.24) is 15.0 Å². The van der Waals surface area contributed by atoms with Gasteiger partial charge in [0.15, 0.2) is 0 Å². The van der Waals surface area contributed by atoms with Gasteiger partial charge in [-0.1, -0.05) is 13.8 Å². The number of halogens is 1. The van der Waals surface area contributed by atoms with E-state index in [0.717, 1.165) is 26.2 Å². The van der Waals surface area contributed by atoms with Crippen LogP contribution < -0.4 is 10.2 Å². The summed E-state index contributed by atoms with van der Waals surface area (Å²) in [5.41, 5.74) is 0. The molecule has 0 aliphatic carbocycles. The highest BCUT2D eigenvalue weighted by Crippen LogP contribution is 2.11. The van der Waals surface area contributed by atoms with Crippen LogP contribution in [0.4, 0.5) is 11.9 Å². The molecule has 1 N–H and O–H groups in total. The van der Waals surface area contributed by atoms with Crippen LogP contribution in [0, 0.1) is 5.92 Å². The Morgan fingerprint density at radius 3 is 2.63 bits per heavy atom. The van der Waals surface area contributed by atoms with E-state index in [4.69, 9.17) is 16.3 Å². The highest BCUT2D eigenvalue weighted by Gasteiger charge is 2.05. The number of hydrogen-bond donors (Lipinski definition) is 1. The Hall–Kier alpha value is -1.14. The monoisotopic (exact) mass is 287 g/mol. The fourth-order valence-electron chi connectivity index (χ4n) is 1.31. The van der Waals surface area contributed by atoms with Gasteiger partial charge in [0.2, 0.25) is 17.2 Å². The van der Waals surface area contributed by atoms with Gasteiger partial charge in [0.25, 0.3) is 0 Å². The lowest BCUT2D eigenvalue weighted by atomic mass is 10.2. The Balaban J connectivity index is 2.33. The van der Waals surface area contributed by atoms with E-state index in [1.165, 1.54) is 0 Å². The van der Waals surface area contributed by atoms with Crippen LogP contribution >= 0.6 is 11.6 Å². The van der Waals surface area contributed by atoms with Crippen LogP contribution in [0.3, 0.4) is 0 Å². The van der Waals surface area contributed by atoms with Crippen molar-refractivity contribution in [2.75, 3.05) is 44.1 Å². The fourth-order valence-corrected chi connectivity index (χ4v) is 1.47. The molecular weight excluding hydrogens is 266 g/mol. The van der Waals surface area contributed by atoms with E-state index < -0.39 is 0 Å². The van der Waals surface area contributed by atoms with Crippen LogP contribution in [-0.4, -0.2) is 48.8 Å². The van der Waals surface area contributed by atoms with Gasteiger partial charge >= 0.3 is 0 Å². The molecule has 0 atom stereocenters. The molecular formula is C12H22ClN5O. The third-order valence-corrected chi connectivity index (χ3v) is 2.37. The predicted molar refractivity (Wildman–Crippen MR) is 77.9 cm³/mol. The van der Waals surface area contributed by atoms with Gasteiger partial charge in [-0.15, -0.1) is 0 Å². The van der Waals surface area contributed by atoms with E-state index in [1.54, 1.807) is 4.90 Å². The van der Waals surface area contributed by atoms with Crippen molar-refractivity contribution in [2.45, 2.75) is 20.3 Å². The minimum absolute atomic E-state index is 0.192. The molecule has 7 heteroatoms. The van der Waals surface area contributed by atoms with Gasteiger partial charge in [-0.05, 0) is 23.9 Å². The van der Waals surface area contributed by atoms with E-state index >= 15 is 0 Å². The summed E-state index contributed by atoms with van der Waals surface area (Å²) in [6, 6.07) is 0. The minimum Gasteiger partial charge on any atom is -0.381 e. The van der Waals surface area contributed by atoms with E-state index in [9.17, 15) is 0 Å². The number of ether oxygens (including phenoxy) is 1. The van der Waals surface area contributed by atoms with Gasteiger partial charge in [0, 0.05) is 33.9 Å². The number of nitrogens with zero attached hydrogens (tertiary/aromatic N) is 4. The molecule has 0 aliphatic rings. The fraction of sp³-hybridized carbons (Fsp3) is 0.750. The molecule has 1 rings (SSSR count). The summed E-state index contributed by atoms with van der Waals surface area (Å²) in [7, 11) is 3.71. The van der Waals surface area contributed by atoms with Crippen molar-refractivity contribution in [3.05, 3.63) is 5.28 Å². The Labute approximate surface area is 119 Å². The Morgan fingerprint density at radius 2 is 2.00 bits per heavy atom. The second-order valence-electron chi connectivity index (χ2n) is 4.87. The summed E-state index contributed by atoms with van der Waals surface area (Å²) in [4.78, 5) is 14.1. The van der Waals surface area contributed by atoms with Crippen molar-refractivity contribution < 1.29 is 4.74 Å². The zero-order valence-corrected chi connectivity index (χ0v) is 12.7. The largest absolute Gasteiger partial charge is 0.381 e.